The average Bonchev–Trinajstić information content (AvgIpc) is 3.43. The quantitative estimate of drug-likeness (QED) is 0.494. The van der Waals surface area contributed by atoms with Crippen molar-refractivity contribution in [3.05, 3.63) is 12.2 Å². The van der Waals surface area contributed by atoms with Gasteiger partial charge in [0.1, 0.15) is 32.0 Å². The molecule has 2 saturated heterocycles. The van der Waals surface area contributed by atoms with Crippen molar-refractivity contribution in [1.82, 2.24) is 15.0 Å². The van der Waals surface area contributed by atoms with Gasteiger partial charge in [-0.1, -0.05) is 12.2 Å². The fourth-order valence-electron chi connectivity index (χ4n) is 1.86. The molecule has 2 fully saturated rings. The first-order valence-electron chi connectivity index (χ1n) is 7.72. The molecule has 4 unspecified atom stereocenters. The largest absolute Gasteiger partial charge is 0.460 e. The molecule has 0 bridgehead atoms. The summed E-state index contributed by atoms with van der Waals surface area (Å²) < 4.78 is 27.1. The first-order chi connectivity index (χ1) is 11.2. The second-order valence-corrected chi connectivity index (χ2v) is 5.44. The van der Waals surface area contributed by atoms with Crippen molar-refractivity contribution in [3.8, 4) is 18.0 Å². The third-order valence-electron chi connectivity index (χ3n) is 3.54. The van der Waals surface area contributed by atoms with Crippen LogP contribution >= 0.6 is 0 Å². The summed E-state index contributed by atoms with van der Waals surface area (Å²) in [5, 5.41) is 0. The van der Waals surface area contributed by atoms with Crippen molar-refractivity contribution in [1.29, 1.82) is 0 Å². The van der Waals surface area contributed by atoms with Gasteiger partial charge >= 0.3 is 18.0 Å². The van der Waals surface area contributed by atoms with Gasteiger partial charge in [-0.2, -0.15) is 0 Å². The predicted octanol–water partition coefficient (Wildman–Crippen LogP) is 1.16. The summed E-state index contributed by atoms with van der Waals surface area (Å²) >= 11 is 0. The van der Waals surface area contributed by atoms with Crippen molar-refractivity contribution in [2.45, 2.75) is 45.2 Å². The third kappa shape index (κ3) is 4.77. The van der Waals surface area contributed by atoms with Crippen LogP contribution in [-0.4, -0.2) is 59.2 Å². The van der Waals surface area contributed by atoms with E-state index in [1.165, 1.54) is 0 Å². The number of ether oxygens (including phenoxy) is 5. The Bertz CT molecular complexity index is 530. The van der Waals surface area contributed by atoms with Gasteiger partial charge in [-0.15, -0.1) is 15.0 Å². The van der Waals surface area contributed by atoms with Crippen LogP contribution in [-0.2, 0) is 9.47 Å². The van der Waals surface area contributed by atoms with Crippen LogP contribution in [0.1, 0.15) is 20.8 Å². The minimum atomic E-state index is 0.0873. The lowest BCUT2D eigenvalue weighted by Crippen LogP contribution is -2.13. The molecule has 0 N–H and O–H groups in total. The highest BCUT2D eigenvalue weighted by Gasteiger charge is 2.36. The summed E-state index contributed by atoms with van der Waals surface area (Å²) in [6, 6.07) is 0.494. The van der Waals surface area contributed by atoms with Crippen molar-refractivity contribution in [2.75, 3.05) is 19.8 Å². The fourth-order valence-corrected chi connectivity index (χ4v) is 1.86. The Morgan fingerprint density at radius 1 is 0.870 bits per heavy atom. The molecule has 8 heteroatoms. The van der Waals surface area contributed by atoms with E-state index in [0.717, 1.165) is 0 Å². The molecule has 0 aromatic carbocycles. The Morgan fingerprint density at radius 2 is 1.30 bits per heavy atom. The van der Waals surface area contributed by atoms with E-state index in [0.29, 0.717) is 19.8 Å². The van der Waals surface area contributed by atoms with Gasteiger partial charge in [0, 0.05) is 0 Å². The molecule has 3 heterocycles. The van der Waals surface area contributed by atoms with Crippen LogP contribution in [0.15, 0.2) is 12.2 Å². The first kappa shape index (κ1) is 15.9. The number of allylic oxidation sites excluding steroid dienone is 1. The highest BCUT2D eigenvalue weighted by atomic mass is 16.6. The van der Waals surface area contributed by atoms with Crippen LogP contribution in [0.5, 0.6) is 18.0 Å². The Kier molecular flexibility index (Phi) is 4.92. The molecule has 4 atom stereocenters. The molecule has 0 aliphatic carbocycles. The SMILES string of the molecule is C/C=C/COc1nc(OCC2OC2C)nc(OCC2OC2C)n1. The first-order valence-corrected chi connectivity index (χ1v) is 7.72. The molecule has 2 aliphatic rings. The maximum atomic E-state index is 5.54. The molecule has 1 aromatic heterocycles. The highest BCUT2D eigenvalue weighted by molar-refractivity contribution is 5.10. The zero-order valence-electron chi connectivity index (χ0n) is 13.5. The molecular formula is C15H21N3O5. The molecule has 8 nitrogen and oxygen atoms in total. The van der Waals surface area contributed by atoms with Crippen LogP contribution in [0.4, 0.5) is 0 Å². The second-order valence-electron chi connectivity index (χ2n) is 5.44. The average molecular weight is 323 g/mol. The topological polar surface area (TPSA) is 91.4 Å². The van der Waals surface area contributed by atoms with Crippen LogP contribution < -0.4 is 14.2 Å². The fraction of sp³-hybridized carbons (Fsp3) is 0.667. The Morgan fingerprint density at radius 3 is 1.70 bits per heavy atom. The minimum Gasteiger partial charge on any atom is -0.460 e. The third-order valence-corrected chi connectivity index (χ3v) is 3.54. The van der Waals surface area contributed by atoms with E-state index in [1.54, 1.807) is 0 Å². The number of rotatable bonds is 9. The maximum Gasteiger partial charge on any atom is 0.326 e. The normalized spacial score (nSPS) is 28.7. The second kappa shape index (κ2) is 7.10. The lowest BCUT2D eigenvalue weighted by atomic mass is 10.4. The number of nitrogens with zero attached hydrogens (tertiary/aromatic N) is 3. The Balaban J connectivity index is 1.61. The monoisotopic (exact) mass is 323 g/mol. The van der Waals surface area contributed by atoms with Crippen LogP contribution in [0.2, 0.25) is 0 Å². The molecule has 126 valence electrons. The van der Waals surface area contributed by atoms with Gasteiger partial charge in [0.2, 0.25) is 0 Å². The lowest BCUT2D eigenvalue weighted by molar-refractivity contribution is 0.214. The number of hydrogen-bond donors (Lipinski definition) is 0. The van der Waals surface area contributed by atoms with Gasteiger partial charge in [-0.25, -0.2) is 0 Å². The van der Waals surface area contributed by atoms with Crippen molar-refractivity contribution >= 4 is 0 Å². The van der Waals surface area contributed by atoms with E-state index < -0.39 is 0 Å². The van der Waals surface area contributed by atoms with Crippen LogP contribution in [0, 0.1) is 0 Å². The lowest BCUT2D eigenvalue weighted by Gasteiger charge is -2.08. The Hall–Kier alpha value is -1.93. The van der Waals surface area contributed by atoms with Crippen molar-refractivity contribution < 1.29 is 23.7 Å². The van der Waals surface area contributed by atoms with Crippen molar-refractivity contribution in [2.24, 2.45) is 0 Å². The number of aromatic nitrogens is 3. The van der Waals surface area contributed by atoms with Gasteiger partial charge in [-0.05, 0) is 20.8 Å². The Labute approximate surface area is 134 Å². The van der Waals surface area contributed by atoms with Gasteiger partial charge in [0.05, 0.1) is 12.2 Å². The van der Waals surface area contributed by atoms with E-state index in [1.807, 2.05) is 32.9 Å². The van der Waals surface area contributed by atoms with E-state index in [-0.39, 0.29) is 42.4 Å². The van der Waals surface area contributed by atoms with Crippen molar-refractivity contribution in [3.63, 3.8) is 0 Å². The van der Waals surface area contributed by atoms with Gasteiger partial charge in [-0.3, -0.25) is 0 Å². The summed E-state index contributed by atoms with van der Waals surface area (Å²) in [5.74, 6) is 0. The van der Waals surface area contributed by atoms with E-state index in [2.05, 4.69) is 15.0 Å². The van der Waals surface area contributed by atoms with Gasteiger partial charge < -0.3 is 23.7 Å². The van der Waals surface area contributed by atoms with Crippen LogP contribution in [0.3, 0.4) is 0 Å². The molecule has 3 rings (SSSR count). The molecule has 2 aliphatic heterocycles. The summed E-state index contributed by atoms with van der Waals surface area (Å²) in [6.45, 7) is 7.03. The maximum absolute atomic E-state index is 5.54. The predicted molar refractivity (Wildman–Crippen MR) is 79.8 cm³/mol. The van der Waals surface area contributed by atoms with Crippen LogP contribution in [0.25, 0.3) is 0 Å². The van der Waals surface area contributed by atoms with E-state index in [9.17, 15) is 0 Å². The zero-order chi connectivity index (χ0) is 16.2. The summed E-state index contributed by atoms with van der Waals surface area (Å²) in [4.78, 5) is 12.4. The van der Waals surface area contributed by atoms with Gasteiger partial charge in [0.15, 0.2) is 0 Å². The summed E-state index contributed by atoms with van der Waals surface area (Å²) in [7, 11) is 0. The molecule has 0 spiro atoms. The van der Waals surface area contributed by atoms with Gasteiger partial charge in [0.25, 0.3) is 0 Å². The minimum absolute atomic E-state index is 0.0873. The molecule has 0 saturated carbocycles. The summed E-state index contributed by atoms with van der Waals surface area (Å²) in [5.41, 5.74) is 0. The highest BCUT2D eigenvalue weighted by Crippen LogP contribution is 2.24. The summed E-state index contributed by atoms with van der Waals surface area (Å²) in [6.07, 6.45) is 4.34. The number of epoxide rings is 2. The molecule has 0 amide bonds. The zero-order valence-corrected chi connectivity index (χ0v) is 13.5. The molecule has 1 aromatic rings. The standard InChI is InChI=1S/C15H21N3O5/c1-4-5-6-19-13-16-14(20-7-11-9(2)22-11)18-15(17-13)21-8-12-10(3)23-12/h4-5,9-12H,6-8H2,1-3H3/b5-4+. The molecule has 0 radical (unpaired) electrons. The smallest absolute Gasteiger partial charge is 0.326 e. The van der Waals surface area contributed by atoms with E-state index in [4.69, 9.17) is 23.7 Å². The molecular weight excluding hydrogens is 302 g/mol. The molecule has 23 heavy (non-hydrogen) atoms. The number of hydrogen-bond acceptors (Lipinski definition) is 8. The van der Waals surface area contributed by atoms with E-state index >= 15 is 0 Å².